The highest BCUT2D eigenvalue weighted by Gasteiger charge is 2.59. The first kappa shape index (κ1) is 25.2. The Bertz CT molecular complexity index is 771. The quantitative estimate of drug-likeness (QED) is 0.248. The maximum absolute atomic E-state index is 12.6. The van der Waals surface area contributed by atoms with Crippen molar-refractivity contribution in [3.05, 3.63) is 16.6 Å². The number of aliphatic hydroxyl groups excluding tert-OH is 1. The monoisotopic (exact) mass is 470 g/mol. The van der Waals surface area contributed by atoms with Crippen LogP contribution in [0.2, 0.25) is 0 Å². The van der Waals surface area contributed by atoms with Crippen molar-refractivity contribution < 1.29 is 18.3 Å². The number of fused-ring (bicyclic) bond motifs is 5. The zero-order valence-electron chi connectivity index (χ0n) is 20.2. The first-order chi connectivity index (χ1) is 15.5. The second kappa shape index (κ2) is 8.92. The van der Waals surface area contributed by atoms with Crippen LogP contribution in [0.25, 0.3) is 0 Å². The van der Waals surface area contributed by atoms with Crippen LogP contribution in [0.5, 0.6) is 0 Å². The molecule has 4 rings (SSSR count). The van der Waals surface area contributed by atoms with Gasteiger partial charge in [-0.1, -0.05) is 43.5 Å². The van der Waals surface area contributed by atoms with Crippen LogP contribution < -0.4 is 5.73 Å². The number of nitroso groups, excluding NO2 is 1. The van der Waals surface area contributed by atoms with E-state index in [-0.39, 0.29) is 17.4 Å². The topological polar surface area (TPSA) is 75.7 Å². The lowest BCUT2D eigenvalue weighted by atomic mass is 9.48. The van der Waals surface area contributed by atoms with E-state index in [2.05, 4.69) is 18.2 Å². The van der Waals surface area contributed by atoms with Gasteiger partial charge < -0.3 is 10.8 Å². The lowest BCUT2D eigenvalue weighted by Gasteiger charge is -2.58. The fourth-order valence-corrected chi connectivity index (χ4v) is 8.35. The third-order valence-corrected chi connectivity index (χ3v) is 10.6. The van der Waals surface area contributed by atoms with Crippen LogP contribution in [-0.4, -0.2) is 28.5 Å². The van der Waals surface area contributed by atoms with Crippen molar-refractivity contribution in [3.8, 4) is 0 Å². The molecule has 8 atom stereocenters. The molecule has 0 aliphatic heterocycles. The van der Waals surface area contributed by atoms with Crippen molar-refractivity contribution in [2.45, 2.75) is 121 Å². The van der Waals surface area contributed by atoms with Crippen LogP contribution in [-0.2, 0) is 0 Å². The van der Waals surface area contributed by atoms with Crippen LogP contribution in [0.15, 0.2) is 16.8 Å². The summed E-state index contributed by atoms with van der Waals surface area (Å²) in [6.07, 6.45) is 6.25. The van der Waals surface area contributed by atoms with Gasteiger partial charge in [-0.15, -0.1) is 0 Å². The van der Waals surface area contributed by atoms with Crippen molar-refractivity contribution in [2.24, 2.45) is 40.0 Å². The van der Waals surface area contributed by atoms with E-state index in [1.54, 1.807) is 0 Å². The van der Waals surface area contributed by atoms with E-state index in [1.807, 2.05) is 6.92 Å². The van der Waals surface area contributed by atoms with E-state index >= 15 is 0 Å². The molecule has 7 unspecified atom stereocenters. The third-order valence-electron chi connectivity index (χ3n) is 10.6. The molecule has 3 N–H and O–H groups in total. The minimum Gasteiger partial charge on any atom is -0.384 e. The van der Waals surface area contributed by atoms with Crippen molar-refractivity contribution in [1.29, 1.82) is 0 Å². The fraction of sp³-hybridized carbons (Fsp3) is 0.923. The van der Waals surface area contributed by atoms with Gasteiger partial charge in [0.25, 0.3) is 0 Å². The summed E-state index contributed by atoms with van der Waals surface area (Å²) < 4.78 is 37.7. The Kier molecular flexibility index (Phi) is 6.80. The Morgan fingerprint density at radius 1 is 1.18 bits per heavy atom. The van der Waals surface area contributed by atoms with Crippen molar-refractivity contribution >= 4 is 0 Å². The molecule has 0 radical (unpaired) electrons. The molecular formula is C26H41F3N2O2. The van der Waals surface area contributed by atoms with Gasteiger partial charge in [-0.25, -0.2) is 0 Å². The molecule has 0 aromatic carbocycles. The van der Waals surface area contributed by atoms with Crippen molar-refractivity contribution in [3.63, 3.8) is 0 Å². The molecule has 3 saturated carbocycles. The van der Waals surface area contributed by atoms with Gasteiger partial charge in [0, 0.05) is 5.54 Å². The molecular weight excluding hydrogens is 429 g/mol. The van der Waals surface area contributed by atoms with Gasteiger partial charge in [0.05, 0.1) is 0 Å². The Morgan fingerprint density at radius 2 is 1.94 bits per heavy atom. The molecule has 0 spiro atoms. The maximum Gasteiger partial charge on any atom is 0.414 e. The van der Waals surface area contributed by atoms with Gasteiger partial charge in [-0.2, -0.15) is 18.1 Å². The molecule has 0 saturated heterocycles. The number of aliphatic hydroxyl groups is 1. The Balaban J connectivity index is 1.41. The molecule has 0 aromatic rings. The molecule has 0 bridgehead atoms. The standard InChI is InChI=1S/C26H41F3N2O2/c1-3-24(31-33)14-15-25(30)18(16-24)8-10-19-20-11-9-17(23(20,2)13-12-21(19)25)6-4-5-7-22(32)26(27,28)29/h8,17,19-22,32H,3-7,9-16,30H2,1-2H3/t17?,19?,20?,21?,22?,23?,24-,25?/m0/s1. The summed E-state index contributed by atoms with van der Waals surface area (Å²) in [4.78, 5) is 11.6. The minimum atomic E-state index is -4.51. The van der Waals surface area contributed by atoms with Crippen molar-refractivity contribution in [2.75, 3.05) is 0 Å². The molecule has 33 heavy (non-hydrogen) atoms. The molecule has 4 aliphatic rings. The van der Waals surface area contributed by atoms with E-state index in [4.69, 9.17) is 5.73 Å². The first-order valence-corrected chi connectivity index (χ1v) is 13.1. The number of rotatable bonds is 7. The van der Waals surface area contributed by atoms with Crippen LogP contribution in [0.4, 0.5) is 13.2 Å². The zero-order valence-corrected chi connectivity index (χ0v) is 20.2. The number of nitrogens with zero attached hydrogens (tertiary/aromatic N) is 1. The number of nitrogens with two attached hydrogens (primary N) is 1. The normalized spacial score (nSPS) is 43.8. The summed E-state index contributed by atoms with van der Waals surface area (Å²) in [7, 11) is 0. The molecule has 3 fully saturated rings. The Labute approximate surface area is 195 Å². The number of alkyl halides is 3. The third kappa shape index (κ3) is 4.30. The molecule has 0 heterocycles. The Hall–Kier alpha value is -0.950. The number of halogens is 3. The largest absolute Gasteiger partial charge is 0.414 e. The van der Waals surface area contributed by atoms with Crippen LogP contribution in [0.1, 0.15) is 97.3 Å². The molecule has 0 amide bonds. The van der Waals surface area contributed by atoms with E-state index in [0.717, 1.165) is 57.8 Å². The minimum absolute atomic E-state index is 0.195. The second-order valence-electron chi connectivity index (χ2n) is 11.9. The molecule has 4 aliphatic carbocycles. The molecule has 0 aromatic heterocycles. The van der Waals surface area contributed by atoms with Gasteiger partial charge in [0.15, 0.2) is 0 Å². The highest BCUT2D eigenvalue weighted by molar-refractivity contribution is 5.32. The predicted molar refractivity (Wildman–Crippen MR) is 123 cm³/mol. The van der Waals surface area contributed by atoms with Gasteiger partial charge in [-0.05, 0) is 99.7 Å². The highest BCUT2D eigenvalue weighted by Crippen LogP contribution is 2.65. The summed E-state index contributed by atoms with van der Waals surface area (Å²) in [5, 5.41) is 12.8. The second-order valence-corrected chi connectivity index (χ2v) is 11.9. The molecule has 7 heteroatoms. The SMILES string of the molecule is CC[C@]1(N=O)CCC2(N)C(=CCC3C2CCC2(C)C(CCCCC(O)C(F)(F)F)CCC32)C1. The van der Waals surface area contributed by atoms with Gasteiger partial charge >= 0.3 is 6.18 Å². The van der Waals surface area contributed by atoms with E-state index < -0.39 is 17.8 Å². The summed E-state index contributed by atoms with van der Waals surface area (Å²) in [6.45, 7) is 4.46. The smallest absolute Gasteiger partial charge is 0.384 e. The zero-order chi connectivity index (χ0) is 24.1. The first-order valence-electron chi connectivity index (χ1n) is 13.1. The molecule has 4 nitrogen and oxygen atoms in total. The molecule has 188 valence electrons. The highest BCUT2D eigenvalue weighted by atomic mass is 19.4. The predicted octanol–water partition coefficient (Wildman–Crippen LogP) is 6.66. The van der Waals surface area contributed by atoms with Crippen LogP contribution in [0, 0.1) is 34.0 Å². The number of allylic oxidation sites excluding steroid dienone is 1. The number of hydrogen-bond acceptors (Lipinski definition) is 4. The average Bonchev–Trinajstić information content (AvgIpc) is 3.12. The lowest BCUT2D eigenvalue weighted by Crippen LogP contribution is -2.61. The van der Waals surface area contributed by atoms with Crippen molar-refractivity contribution in [1.82, 2.24) is 0 Å². The van der Waals surface area contributed by atoms with E-state index in [1.165, 1.54) is 12.0 Å². The number of hydrogen-bond donors (Lipinski definition) is 2. The van der Waals surface area contributed by atoms with Crippen LogP contribution >= 0.6 is 0 Å². The maximum atomic E-state index is 12.6. The number of unbranched alkanes of at least 4 members (excludes halogenated alkanes) is 1. The van der Waals surface area contributed by atoms with Gasteiger partial charge in [-0.3, -0.25) is 0 Å². The summed E-state index contributed by atoms with van der Waals surface area (Å²) in [5.41, 5.74) is 7.85. The summed E-state index contributed by atoms with van der Waals surface area (Å²) >= 11 is 0. The summed E-state index contributed by atoms with van der Waals surface area (Å²) in [5.74, 6) is 2.18. The Morgan fingerprint density at radius 3 is 2.61 bits per heavy atom. The van der Waals surface area contributed by atoms with E-state index in [0.29, 0.717) is 36.5 Å². The fourth-order valence-electron chi connectivity index (χ4n) is 8.35. The lowest BCUT2D eigenvalue weighted by molar-refractivity contribution is -0.205. The van der Waals surface area contributed by atoms with Gasteiger partial charge in [0.1, 0.15) is 11.6 Å². The average molecular weight is 471 g/mol. The van der Waals surface area contributed by atoms with Gasteiger partial charge in [0.2, 0.25) is 0 Å². The summed E-state index contributed by atoms with van der Waals surface area (Å²) in [6, 6.07) is 0. The van der Waals surface area contributed by atoms with Crippen LogP contribution in [0.3, 0.4) is 0 Å². The van der Waals surface area contributed by atoms with E-state index in [9.17, 15) is 23.2 Å².